The van der Waals surface area contributed by atoms with Gasteiger partial charge in [0.15, 0.2) is 0 Å². The minimum absolute atomic E-state index is 0. The summed E-state index contributed by atoms with van der Waals surface area (Å²) >= 11 is 1.73. The first-order valence-electron chi connectivity index (χ1n) is 17.8. The molecule has 0 fully saturated rings. The van der Waals surface area contributed by atoms with Crippen LogP contribution in [0.1, 0.15) is 52.7 Å². The van der Waals surface area contributed by atoms with E-state index < -0.39 is 8.07 Å². The van der Waals surface area contributed by atoms with Crippen LogP contribution in [0.25, 0.3) is 65.0 Å². The molecule has 8 rings (SSSR count). The molecule has 0 aliphatic heterocycles. The maximum Gasteiger partial charge on any atom is 0.225 e. The summed E-state index contributed by atoms with van der Waals surface area (Å²) in [5.74, 6) is 1.14. The number of ether oxygens (including phenoxy) is 1. The van der Waals surface area contributed by atoms with Gasteiger partial charge in [0.2, 0.25) is 11.8 Å². The van der Waals surface area contributed by atoms with Crippen LogP contribution in [0.3, 0.4) is 0 Å². The fourth-order valence-corrected chi connectivity index (χ4v) is 9.27. The van der Waals surface area contributed by atoms with Crippen LogP contribution in [-0.4, -0.2) is 23.1 Å². The fourth-order valence-electron chi connectivity index (χ4n) is 6.98. The third kappa shape index (κ3) is 6.73. The predicted octanol–water partition coefficient (Wildman–Crippen LogP) is 12.5. The van der Waals surface area contributed by atoms with Gasteiger partial charge in [-0.2, -0.15) is 11.3 Å². The third-order valence-electron chi connectivity index (χ3n) is 9.80. The molecule has 4 aromatic heterocycles. The van der Waals surface area contributed by atoms with Gasteiger partial charge in [-0.05, 0) is 68.1 Å². The van der Waals surface area contributed by atoms with Gasteiger partial charge in [-0.1, -0.05) is 127 Å². The first-order valence-corrected chi connectivity index (χ1v) is 22.1. The number of aromatic nitrogens is 2. The molecule has 0 amide bonds. The summed E-state index contributed by atoms with van der Waals surface area (Å²) in [4.78, 5) is 10.5. The molecule has 0 aliphatic rings. The zero-order valence-corrected chi connectivity index (χ0v) is 35.6. The molecule has 0 bridgehead atoms. The molecule has 8 aromatic rings. The summed E-state index contributed by atoms with van der Waals surface area (Å²) in [6.07, 6.45) is 0. The molecule has 1 N–H and O–H groups in total. The Bertz CT molecular complexity index is 2570. The van der Waals surface area contributed by atoms with Crippen LogP contribution in [0.15, 0.2) is 95.4 Å². The summed E-state index contributed by atoms with van der Waals surface area (Å²) in [5.41, 5.74) is 8.00. The third-order valence-corrected chi connectivity index (χ3v) is 12.9. The number of pyridine rings is 2. The van der Waals surface area contributed by atoms with E-state index in [0.29, 0.717) is 23.0 Å². The van der Waals surface area contributed by atoms with Gasteiger partial charge in [0.1, 0.15) is 11.3 Å². The average molecular weight is 915 g/mol. The van der Waals surface area contributed by atoms with Crippen LogP contribution in [0.4, 0.5) is 0 Å². The molecule has 5 nitrogen and oxygen atoms in total. The van der Waals surface area contributed by atoms with Crippen LogP contribution < -0.4 is 9.92 Å². The van der Waals surface area contributed by atoms with Gasteiger partial charge < -0.3 is 14.3 Å². The van der Waals surface area contributed by atoms with Gasteiger partial charge in [0.25, 0.3) is 0 Å². The van der Waals surface area contributed by atoms with Crippen molar-refractivity contribution in [2.75, 3.05) is 0 Å². The number of aromatic hydroxyl groups is 1. The van der Waals surface area contributed by atoms with E-state index in [4.69, 9.17) is 19.1 Å². The van der Waals surface area contributed by atoms with E-state index >= 15 is 0 Å². The van der Waals surface area contributed by atoms with E-state index in [9.17, 15) is 5.11 Å². The Morgan fingerprint density at radius 3 is 2.11 bits per heavy atom. The Labute approximate surface area is 330 Å². The minimum Gasteiger partial charge on any atom is -0.507 e. The molecule has 0 saturated carbocycles. The van der Waals surface area contributed by atoms with Gasteiger partial charge >= 0.3 is 0 Å². The molecule has 0 radical (unpaired) electrons. The van der Waals surface area contributed by atoms with E-state index in [0.717, 1.165) is 60.1 Å². The second kappa shape index (κ2) is 13.2. The van der Waals surface area contributed by atoms with Crippen molar-refractivity contribution in [3.63, 3.8) is 0 Å². The molecule has 0 unspecified atom stereocenters. The van der Waals surface area contributed by atoms with Gasteiger partial charge in [0.05, 0.1) is 19.4 Å². The van der Waals surface area contributed by atoms with Crippen LogP contribution in [-0.2, 0) is 31.9 Å². The number of benzene rings is 4. The summed E-state index contributed by atoms with van der Waals surface area (Å²) in [5, 5.41) is 14.7. The van der Waals surface area contributed by atoms with Crippen molar-refractivity contribution >= 4 is 55.9 Å². The molecule has 53 heavy (non-hydrogen) atoms. The molecule has 0 saturated heterocycles. The van der Waals surface area contributed by atoms with Crippen molar-refractivity contribution < 1.29 is 35.3 Å². The number of phenols is 1. The molecule has 4 heterocycles. The minimum atomic E-state index is -1.63. The van der Waals surface area contributed by atoms with Crippen LogP contribution in [0.2, 0.25) is 19.6 Å². The Morgan fingerprint density at radius 2 is 1.43 bits per heavy atom. The smallest absolute Gasteiger partial charge is 0.225 e. The number of rotatable bonds is 6. The number of hydrogen-bond donors (Lipinski definition) is 1. The van der Waals surface area contributed by atoms with Gasteiger partial charge in [-0.15, -0.1) is 11.6 Å². The Hall–Kier alpha value is -4.29. The SMILES string of the molecule is CC(C)(C)c1ccc(-c2ccc([Si](C)(C)C)cc2O)nc1Oc1nc(-c2[c-]c3sc4cccc5oc(c2)c3c54)cc(C(C)(C)C)c1-c1ccccc1.[Pt]. The van der Waals surface area contributed by atoms with Gasteiger partial charge in [0, 0.05) is 47.8 Å². The number of nitrogens with zero attached hydrogens (tertiary/aromatic N) is 2. The maximum absolute atomic E-state index is 11.3. The standard InChI is InChI=1S/C45H43N2O3SSi.Pt/c1-44(2,3)30-20-21-32(29-19-18-28(24-34(29)48)52(7,8)9)46-42(30)50-43-39(26-14-11-10-12-15-26)31(45(4,5)6)25-33(47-43)27-22-36-41-38(23-27)51-37-17-13-16-35(49-36)40(37)41;/h10-22,24-25,48H,1-9H3;/q-1;. The van der Waals surface area contributed by atoms with E-state index in [1.54, 1.807) is 11.3 Å². The summed E-state index contributed by atoms with van der Waals surface area (Å²) < 4.78 is 15.7. The molecule has 0 atom stereocenters. The molecule has 272 valence electrons. The number of thiophene rings is 1. The largest absolute Gasteiger partial charge is 0.507 e. The van der Waals surface area contributed by atoms with Crippen molar-refractivity contribution in [3.8, 4) is 51.2 Å². The van der Waals surface area contributed by atoms with Crippen molar-refractivity contribution in [2.24, 2.45) is 0 Å². The first kappa shape index (κ1) is 37.0. The van der Waals surface area contributed by atoms with Crippen LogP contribution in [0.5, 0.6) is 17.5 Å². The maximum atomic E-state index is 11.3. The topological polar surface area (TPSA) is 68.4 Å². The molecule has 8 heteroatoms. The van der Waals surface area contributed by atoms with E-state index in [1.807, 2.05) is 48.5 Å². The fraction of sp³-hybridized carbons (Fsp3) is 0.244. The molecular formula is C45H43N2O3PtSSi-. The second-order valence-corrected chi connectivity index (χ2v) is 22.9. The summed E-state index contributed by atoms with van der Waals surface area (Å²) in [6, 6.07) is 34.5. The van der Waals surface area contributed by atoms with Crippen LogP contribution >= 0.6 is 11.3 Å². The first-order chi connectivity index (χ1) is 24.6. The van der Waals surface area contributed by atoms with E-state index in [2.05, 4.69) is 110 Å². The van der Waals surface area contributed by atoms with E-state index in [1.165, 1.54) is 9.89 Å². The van der Waals surface area contributed by atoms with Crippen molar-refractivity contribution in [2.45, 2.75) is 72.0 Å². The van der Waals surface area contributed by atoms with Crippen molar-refractivity contribution in [1.82, 2.24) is 9.97 Å². The number of hydrogen-bond acceptors (Lipinski definition) is 6. The van der Waals surface area contributed by atoms with Crippen molar-refractivity contribution in [3.05, 3.63) is 108 Å². The number of phenolic OH excluding ortho intramolecular Hbond substituents is 1. The zero-order chi connectivity index (χ0) is 36.7. The van der Waals surface area contributed by atoms with E-state index in [-0.39, 0.29) is 37.6 Å². The molecule has 4 aromatic carbocycles. The Balaban J connectivity index is 0.00000435. The monoisotopic (exact) mass is 914 g/mol. The van der Waals surface area contributed by atoms with Crippen LogP contribution in [0, 0.1) is 6.07 Å². The quantitative estimate of drug-likeness (QED) is 0.133. The molecule has 0 aliphatic carbocycles. The average Bonchev–Trinajstić information content (AvgIpc) is 3.66. The zero-order valence-electron chi connectivity index (χ0n) is 31.5. The summed E-state index contributed by atoms with van der Waals surface area (Å²) in [6.45, 7) is 19.9. The summed E-state index contributed by atoms with van der Waals surface area (Å²) in [7, 11) is -1.63. The Morgan fingerprint density at radius 1 is 0.717 bits per heavy atom. The van der Waals surface area contributed by atoms with Gasteiger partial charge in [-0.25, -0.2) is 4.98 Å². The number of furan rings is 1. The molecule has 0 spiro atoms. The predicted molar refractivity (Wildman–Crippen MR) is 220 cm³/mol. The van der Waals surface area contributed by atoms with Gasteiger partial charge in [-0.3, -0.25) is 4.98 Å². The van der Waals surface area contributed by atoms with Crippen molar-refractivity contribution in [1.29, 1.82) is 0 Å². The Kier molecular flexibility index (Phi) is 9.24. The second-order valence-electron chi connectivity index (χ2n) is 16.8. The normalized spacial score (nSPS) is 12.5. The molecular weight excluding hydrogens is 872 g/mol.